The Labute approximate surface area is 87.0 Å². The van der Waals surface area contributed by atoms with E-state index in [9.17, 15) is 0 Å². The number of hydrogen-bond donors (Lipinski definition) is 3. The van der Waals surface area contributed by atoms with Crippen molar-refractivity contribution in [2.24, 2.45) is 0 Å². The summed E-state index contributed by atoms with van der Waals surface area (Å²) in [5, 5.41) is 3.13. The number of imidazole rings is 1. The highest BCUT2D eigenvalue weighted by Crippen LogP contribution is 2.08. The van der Waals surface area contributed by atoms with Crippen molar-refractivity contribution < 1.29 is 0 Å². The zero-order valence-electron chi connectivity index (χ0n) is 8.36. The summed E-state index contributed by atoms with van der Waals surface area (Å²) in [5.41, 5.74) is 7.36. The van der Waals surface area contributed by atoms with Gasteiger partial charge in [-0.2, -0.15) is 4.98 Å². The van der Waals surface area contributed by atoms with Crippen LogP contribution in [0.5, 0.6) is 0 Å². The Morgan fingerprint density at radius 1 is 1.47 bits per heavy atom. The summed E-state index contributed by atoms with van der Waals surface area (Å²) >= 11 is 0. The molecule has 0 amide bonds. The zero-order chi connectivity index (χ0) is 10.7. The van der Waals surface area contributed by atoms with Crippen molar-refractivity contribution in [2.45, 2.75) is 13.5 Å². The van der Waals surface area contributed by atoms with Crippen LogP contribution >= 0.6 is 0 Å². The van der Waals surface area contributed by atoms with Crippen molar-refractivity contribution in [3.63, 3.8) is 0 Å². The lowest BCUT2D eigenvalue weighted by Gasteiger charge is -2.05. The Kier molecular flexibility index (Phi) is 2.49. The molecule has 6 heteroatoms. The highest BCUT2D eigenvalue weighted by Gasteiger charge is 1.99. The third kappa shape index (κ3) is 2.43. The summed E-state index contributed by atoms with van der Waals surface area (Å²) in [6.07, 6.45) is 3.39. The van der Waals surface area contributed by atoms with Crippen LogP contribution in [0.25, 0.3) is 0 Å². The molecule has 0 aromatic carbocycles. The van der Waals surface area contributed by atoms with Crippen molar-refractivity contribution in [1.29, 1.82) is 0 Å². The predicted molar refractivity (Wildman–Crippen MR) is 57.1 cm³/mol. The molecule has 2 heterocycles. The number of rotatable bonds is 3. The Morgan fingerprint density at radius 3 is 3.00 bits per heavy atom. The standard InChI is InChI=1S/C9H12N6/c1-6-2-8(15-9(10)14-6)12-4-7-3-11-5-13-7/h2-3,5H,4H2,1H3,(H,11,13)(H3,10,12,14,15). The summed E-state index contributed by atoms with van der Waals surface area (Å²) in [5.74, 6) is 0.997. The molecule has 2 aromatic heterocycles. The monoisotopic (exact) mass is 204 g/mol. The van der Waals surface area contributed by atoms with E-state index in [1.54, 1.807) is 12.5 Å². The third-order valence-electron chi connectivity index (χ3n) is 1.89. The lowest BCUT2D eigenvalue weighted by Crippen LogP contribution is -2.05. The Bertz CT molecular complexity index is 416. The third-order valence-corrected chi connectivity index (χ3v) is 1.89. The van der Waals surface area contributed by atoms with Gasteiger partial charge in [0.25, 0.3) is 0 Å². The second-order valence-electron chi connectivity index (χ2n) is 3.18. The molecule has 0 unspecified atom stereocenters. The van der Waals surface area contributed by atoms with E-state index in [1.165, 1.54) is 0 Å². The van der Waals surface area contributed by atoms with E-state index in [-0.39, 0.29) is 5.95 Å². The molecule has 0 fully saturated rings. The predicted octanol–water partition coefficient (Wildman–Crippen LogP) is 0.702. The van der Waals surface area contributed by atoms with Crippen molar-refractivity contribution in [2.75, 3.05) is 11.1 Å². The largest absolute Gasteiger partial charge is 0.368 e. The van der Waals surface area contributed by atoms with E-state index in [4.69, 9.17) is 5.73 Å². The molecule has 6 nitrogen and oxygen atoms in total. The van der Waals surface area contributed by atoms with Crippen LogP contribution in [0.2, 0.25) is 0 Å². The van der Waals surface area contributed by atoms with E-state index < -0.39 is 0 Å². The molecule has 2 aromatic rings. The first-order valence-electron chi connectivity index (χ1n) is 4.56. The number of aromatic amines is 1. The van der Waals surface area contributed by atoms with Crippen LogP contribution in [0.1, 0.15) is 11.4 Å². The SMILES string of the molecule is Cc1cc(NCc2cnc[nH]2)nc(N)n1. The van der Waals surface area contributed by atoms with Gasteiger partial charge in [0.15, 0.2) is 0 Å². The molecule has 0 aliphatic rings. The summed E-state index contributed by atoms with van der Waals surface area (Å²) in [6.45, 7) is 2.51. The first-order chi connectivity index (χ1) is 7.24. The molecule has 2 rings (SSSR count). The van der Waals surface area contributed by atoms with Crippen molar-refractivity contribution in [3.8, 4) is 0 Å². The molecule has 0 bridgehead atoms. The average Bonchev–Trinajstić information content (AvgIpc) is 2.65. The molecule has 0 aliphatic heterocycles. The van der Waals surface area contributed by atoms with Crippen LogP contribution in [-0.4, -0.2) is 19.9 Å². The van der Waals surface area contributed by atoms with Crippen LogP contribution in [0.15, 0.2) is 18.6 Å². The van der Waals surface area contributed by atoms with Gasteiger partial charge in [0.05, 0.1) is 18.6 Å². The lowest BCUT2D eigenvalue weighted by molar-refractivity contribution is 1.03. The highest BCUT2D eigenvalue weighted by molar-refractivity contribution is 5.40. The molecular weight excluding hydrogens is 192 g/mol. The van der Waals surface area contributed by atoms with Gasteiger partial charge in [-0.05, 0) is 6.92 Å². The molecule has 4 N–H and O–H groups in total. The molecule has 0 aliphatic carbocycles. The minimum atomic E-state index is 0.280. The topological polar surface area (TPSA) is 92.5 Å². The number of nitrogen functional groups attached to an aromatic ring is 1. The average molecular weight is 204 g/mol. The summed E-state index contributed by atoms with van der Waals surface area (Å²) in [4.78, 5) is 14.9. The molecule has 0 saturated heterocycles. The molecule has 0 spiro atoms. The minimum absolute atomic E-state index is 0.280. The summed E-state index contributed by atoms with van der Waals surface area (Å²) in [6, 6.07) is 1.84. The second-order valence-corrected chi connectivity index (χ2v) is 3.18. The molecule has 15 heavy (non-hydrogen) atoms. The number of anilines is 2. The lowest BCUT2D eigenvalue weighted by atomic mass is 10.4. The first kappa shape index (κ1) is 9.45. The fourth-order valence-corrected chi connectivity index (χ4v) is 1.25. The van der Waals surface area contributed by atoms with E-state index >= 15 is 0 Å². The van der Waals surface area contributed by atoms with Crippen LogP contribution in [0.4, 0.5) is 11.8 Å². The second kappa shape index (κ2) is 3.95. The van der Waals surface area contributed by atoms with Gasteiger partial charge >= 0.3 is 0 Å². The van der Waals surface area contributed by atoms with Gasteiger partial charge in [0.2, 0.25) is 5.95 Å². The quantitative estimate of drug-likeness (QED) is 0.684. The zero-order valence-corrected chi connectivity index (χ0v) is 8.36. The van der Waals surface area contributed by atoms with Gasteiger partial charge < -0.3 is 16.0 Å². The summed E-state index contributed by atoms with van der Waals surface area (Å²) in [7, 11) is 0. The van der Waals surface area contributed by atoms with Crippen LogP contribution in [0, 0.1) is 6.92 Å². The maximum Gasteiger partial charge on any atom is 0.222 e. The Hall–Kier alpha value is -2.11. The maximum atomic E-state index is 5.53. The number of aryl methyl sites for hydroxylation is 1. The molecule has 0 atom stereocenters. The number of nitrogens with one attached hydrogen (secondary N) is 2. The van der Waals surface area contributed by atoms with E-state index in [0.29, 0.717) is 6.54 Å². The molecule has 78 valence electrons. The van der Waals surface area contributed by atoms with Crippen LogP contribution in [0.3, 0.4) is 0 Å². The van der Waals surface area contributed by atoms with Crippen LogP contribution in [-0.2, 0) is 6.54 Å². The molecular formula is C9H12N6. The van der Waals surface area contributed by atoms with Gasteiger partial charge in [0.1, 0.15) is 5.82 Å². The van der Waals surface area contributed by atoms with Crippen molar-refractivity contribution >= 4 is 11.8 Å². The number of H-pyrrole nitrogens is 1. The summed E-state index contributed by atoms with van der Waals surface area (Å²) < 4.78 is 0. The highest BCUT2D eigenvalue weighted by atomic mass is 15.1. The van der Waals surface area contributed by atoms with Gasteiger partial charge in [-0.1, -0.05) is 0 Å². The van der Waals surface area contributed by atoms with Crippen molar-refractivity contribution in [1.82, 2.24) is 19.9 Å². The fourth-order valence-electron chi connectivity index (χ4n) is 1.25. The van der Waals surface area contributed by atoms with Gasteiger partial charge in [-0.15, -0.1) is 0 Å². The number of hydrogen-bond acceptors (Lipinski definition) is 5. The minimum Gasteiger partial charge on any atom is -0.368 e. The van der Waals surface area contributed by atoms with Crippen molar-refractivity contribution in [3.05, 3.63) is 30.0 Å². The fraction of sp³-hybridized carbons (Fsp3) is 0.222. The smallest absolute Gasteiger partial charge is 0.222 e. The van der Waals surface area contributed by atoms with Gasteiger partial charge in [0, 0.05) is 18.0 Å². The Morgan fingerprint density at radius 2 is 2.33 bits per heavy atom. The molecule has 0 radical (unpaired) electrons. The number of aromatic nitrogens is 4. The first-order valence-corrected chi connectivity index (χ1v) is 4.56. The maximum absolute atomic E-state index is 5.53. The van der Waals surface area contributed by atoms with Crippen LogP contribution < -0.4 is 11.1 Å². The van der Waals surface area contributed by atoms with E-state index in [2.05, 4.69) is 25.3 Å². The molecule has 0 saturated carbocycles. The number of nitrogens with zero attached hydrogens (tertiary/aromatic N) is 3. The Balaban J connectivity index is 2.05. The van der Waals surface area contributed by atoms with E-state index in [1.807, 2.05) is 13.0 Å². The van der Waals surface area contributed by atoms with Gasteiger partial charge in [-0.3, -0.25) is 0 Å². The normalized spacial score (nSPS) is 10.2. The van der Waals surface area contributed by atoms with Gasteiger partial charge in [-0.25, -0.2) is 9.97 Å². The van der Waals surface area contributed by atoms with E-state index in [0.717, 1.165) is 17.2 Å². The number of nitrogens with two attached hydrogens (primary N) is 1.